The van der Waals surface area contributed by atoms with E-state index in [1.165, 1.54) is 0 Å². The van der Waals surface area contributed by atoms with E-state index in [0.29, 0.717) is 11.4 Å². The molecule has 0 bridgehead atoms. The van der Waals surface area contributed by atoms with Gasteiger partial charge in [0.2, 0.25) is 5.91 Å². The van der Waals surface area contributed by atoms with Gasteiger partial charge >= 0.3 is 5.97 Å². The van der Waals surface area contributed by atoms with Crippen LogP contribution in [0, 0.1) is 17.3 Å². The first-order valence-electron chi connectivity index (χ1n) is 7.04. The number of hydrogen-bond donors (Lipinski definition) is 2. The zero-order chi connectivity index (χ0) is 15.8. The van der Waals surface area contributed by atoms with Crippen molar-refractivity contribution in [3.8, 4) is 5.75 Å². The highest BCUT2D eigenvalue weighted by atomic mass is 16.5. The summed E-state index contributed by atoms with van der Waals surface area (Å²) in [5, 5.41) is 11.9. The van der Waals surface area contributed by atoms with Gasteiger partial charge in [-0.25, -0.2) is 0 Å². The fourth-order valence-corrected chi connectivity index (χ4v) is 2.73. The number of nitrogens with one attached hydrogen (secondary N) is 1. The number of benzene rings is 1. The Morgan fingerprint density at radius 2 is 1.86 bits per heavy atom. The van der Waals surface area contributed by atoms with Gasteiger partial charge in [0.25, 0.3) is 0 Å². The van der Waals surface area contributed by atoms with Crippen molar-refractivity contribution in [2.24, 2.45) is 17.3 Å². The van der Waals surface area contributed by atoms with Crippen LogP contribution in [0.1, 0.15) is 27.7 Å². The molecule has 114 valence electrons. The van der Waals surface area contributed by atoms with E-state index in [1.54, 1.807) is 32.0 Å². The second-order valence-corrected chi connectivity index (χ2v) is 6.27. The lowest BCUT2D eigenvalue weighted by atomic mass is 10.1. The molecule has 1 aliphatic carbocycles. The summed E-state index contributed by atoms with van der Waals surface area (Å²) in [5.74, 6) is -1.75. The van der Waals surface area contributed by atoms with Gasteiger partial charge in [-0.15, -0.1) is 0 Å². The summed E-state index contributed by atoms with van der Waals surface area (Å²) in [4.78, 5) is 23.5. The van der Waals surface area contributed by atoms with Gasteiger partial charge in [0.15, 0.2) is 0 Å². The monoisotopic (exact) mass is 291 g/mol. The van der Waals surface area contributed by atoms with Gasteiger partial charge in [0, 0.05) is 0 Å². The van der Waals surface area contributed by atoms with Gasteiger partial charge in [0.1, 0.15) is 5.75 Å². The van der Waals surface area contributed by atoms with E-state index in [-0.39, 0.29) is 12.0 Å². The van der Waals surface area contributed by atoms with Crippen LogP contribution in [0.3, 0.4) is 0 Å². The molecule has 0 radical (unpaired) electrons. The number of hydrogen-bond acceptors (Lipinski definition) is 3. The van der Waals surface area contributed by atoms with E-state index in [1.807, 2.05) is 19.9 Å². The Balaban J connectivity index is 2.13. The van der Waals surface area contributed by atoms with Gasteiger partial charge in [-0.05, 0) is 31.4 Å². The Hall–Kier alpha value is -2.04. The maximum Gasteiger partial charge on any atom is 0.307 e. The minimum Gasteiger partial charge on any atom is -0.489 e. The van der Waals surface area contributed by atoms with Crippen LogP contribution in [-0.2, 0) is 9.59 Å². The van der Waals surface area contributed by atoms with E-state index < -0.39 is 23.2 Å². The molecule has 1 aromatic carbocycles. The molecule has 2 atom stereocenters. The highest BCUT2D eigenvalue weighted by Gasteiger charge is 2.65. The number of carbonyl (C=O) groups is 2. The molecule has 1 amide bonds. The predicted molar refractivity (Wildman–Crippen MR) is 79.2 cm³/mol. The molecule has 5 nitrogen and oxygen atoms in total. The summed E-state index contributed by atoms with van der Waals surface area (Å²) < 4.78 is 5.64. The second kappa shape index (κ2) is 5.39. The van der Waals surface area contributed by atoms with Crippen LogP contribution < -0.4 is 10.1 Å². The smallest absolute Gasteiger partial charge is 0.307 e. The maximum atomic E-state index is 12.3. The van der Waals surface area contributed by atoms with Gasteiger partial charge in [-0.1, -0.05) is 26.0 Å². The van der Waals surface area contributed by atoms with Gasteiger partial charge in [-0.3, -0.25) is 9.59 Å². The van der Waals surface area contributed by atoms with Crippen molar-refractivity contribution in [2.45, 2.75) is 33.8 Å². The summed E-state index contributed by atoms with van der Waals surface area (Å²) in [5.41, 5.74) is 0.0621. The molecule has 1 saturated carbocycles. The first kappa shape index (κ1) is 15.4. The topological polar surface area (TPSA) is 75.6 Å². The van der Waals surface area contributed by atoms with E-state index >= 15 is 0 Å². The largest absolute Gasteiger partial charge is 0.489 e. The average Bonchev–Trinajstić information content (AvgIpc) is 2.94. The number of carboxylic acid groups (broad SMARTS) is 1. The molecule has 0 aliphatic heterocycles. The van der Waals surface area contributed by atoms with Gasteiger partial charge < -0.3 is 15.2 Å². The molecular formula is C16H21NO4. The molecule has 2 rings (SSSR count). The molecule has 0 saturated heterocycles. The standard InChI is InChI=1S/C16H21NO4/c1-9(2)21-11-8-6-5-7-10(11)17-14(18)12-13(15(19)20)16(12,3)4/h5-9,12-13H,1-4H3,(H,17,18)(H,19,20). The van der Waals surface area contributed by atoms with Gasteiger partial charge in [0.05, 0.1) is 23.6 Å². The van der Waals surface area contributed by atoms with Crippen LogP contribution in [0.15, 0.2) is 24.3 Å². The Morgan fingerprint density at radius 1 is 1.24 bits per heavy atom. The highest BCUT2D eigenvalue weighted by Crippen LogP contribution is 2.58. The number of carbonyl (C=O) groups excluding carboxylic acids is 1. The minimum absolute atomic E-state index is 0.00724. The SMILES string of the molecule is CC(C)Oc1ccccc1NC(=O)C1C(C(=O)O)C1(C)C. The van der Waals surface area contributed by atoms with Crippen LogP contribution in [0.2, 0.25) is 0 Å². The molecule has 0 aromatic heterocycles. The zero-order valence-corrected chi connectivity index (χ0v) is 12.7. The Kier molecular flexibility index (Phi) is 3.94. The number of anilines is 1. The van der Waals surface area contributed by atoms with Crippen molar-refractivity contribution in [1.29, 1.82) is 0 Å². The molecule has 0 heterocycles. The zero-order valence-electron chi connectivity index (χ0n) is 12.7. The molecule has 0 spiro atoms. The first-order valence-corrected chi connectivity index (χ1v) is 7.04. The summed E-state index contributed by atoms with van der Waals surface area (Å²) in [6.45, 7) is 7.41. The summed E-state index contributed by atoms with van der Waals surface area (Å²) >= 11 is 0. The maximum absolute atomic E-state index is 12.3. The first-order chi connectivity index (χ1) is 9.75. The number of rotatable bonds is 5. The van der Waals surface area contributed by atoms with Crippen LogP contribution in [0.4, 0.5) is 5.69 Å². The number of ether oxygens (including phenoxy) is 1. The number of aliphatic carboxylic acids is 1. The third kappa shape index (κ3) is 3.01. The average molecular weight is 291 g/mol. The second-order valence-electron chi connectivity index (χ2n) is 6.27. The summed E-state index contributed by atoms with van der Waals surface area (Å²) in [7, 11) is 0. The lowest BCUT2D eigenvalue weighted by molar-refractivity contribution is -0.140. The lowest BCUT2D eigenvalue weighted by Crippen LogP contribution is -2.19. The van der Waals surface area contributed by atoms with Crippen LogP contribution in [-0.4, -0.2) is 23.1 Å². The molecule has 1 aliphatic rings. The van der Waals surface area contributed by atoms with Crippen molar-refractivity contribution in [1.82, 2.24) is 0 Å². The van der Waals surface area contributed by atoms with Crippen molar-refractivity contribution in [3.05, 3.63) is 24.3 Å². The van der Waals surface area contributed by atoms with E-state index in [9.17, 15) is 9.59 Å². The van der Waals surface area contributed by atoms with Crippen molar-refractivity contribution in [2.75, 3.05) is 5.32 Å². The molecule has 1 aromatic rings. The van der Waals surface area contributed by atoms with E-state index in [2.05, 4.69) is 5.32 Å². The third-order valence-electron chi connectivity index (χ3n) is 3.88. The quantitative estimate of drug-likeness (QED) is 0.874. The molecule has 1 fully saturated rings. The summed E-state index contributed by atoms with van der Waals surface area (Å²) in [6.07, 6.45) is -0.00724. The Morgan fingerprint density at radius 3 is 2.38 bits per heavy atom. The van der Waals surface area contributed by atoms with Crippen LogP contribution in [0.5, 0.6) is 5.75 Å². The number of para-hydroxylation sites is 2. The van der Waals surface area contributed by atoms with Crippen molar-refractivity contribution in [3.63, 3.8) is 0 Å². The highest BCUT2D eigenvalue weighted by molar-refractivity contribution is 6.00. The summed E-state index contributed by atoms with van der Waals surface area (Å²) in [6, 6.07) is 7.16. The molecule has 5 heteroatoms. The van der Waals surface area contributed by atoms with Crippen molar-refractivity contribution >= 4 is 17.6 Å². The van der Waals surface area contributed by atoms with Crippen molar-refractivity contribution < 1.29 is 19.4 Å². The fraction of sp³-hybridized carbons (Fsp3) is 0.500. The Bertz CT molecular complexity index is 565. The molecular weight excluding hydrogens is 270 g/mol. The Labute approximate surface area is 124 Å². The van der Waals surface area contributed by atoms with Crippen LogP contribution in [0.25, 0.3) is 0 Å². The van der Waals surface area contributed by atoms with Crippen LogP contribution >= 0.6 is 0 Å². The third-order valence-corrected chi connectivity index (χ3v) is 3.88. The van der Waals surface area contributed by atoms with E-state index in [0.717, 1.165) is 0 Å². The molecule has 2 unspecified atom stereocenters. The lowest BCUT2D eigenvalue weighted by Gasteiger charge is -2.15. The van der Waals surface area contributed by atoms with Gasteiger partial charge in [-0.2, -0.15) is 0 Å². The predicted octanol–water partition coefficient (Wildman–Crippen LogP) is 2.77. The fourth-order valence-electron chi connectivity index (χ4n) is 2.73. The molecule has 2 N–H and O–H groups in total. The number of amides is 1. The normalized spacial score (nSPS) is 22.7. The minimum atomic E-state index is -0.924. The molecule has 21 heavy (non-hydrogen) atoms. The number of carboxylic acids is 1. The van der Waals surface area contributed by atoms with E-state index in [4.69, 9.17) is 9.84 Å².